The van der Waals surface area contributed by atoms with Crippen LogP contribution in [0.5, 0.6) is 0 Å². The Morgan fingerprint density at radius 2 is 2.14 bits per heavy atom. The summed E-state index contributed by atoms with van der Waals surface area (Å²) in [5.41, 5.74) is -0.250. The van der Waals surface area contributed by atoms with E-state index < -0.39 is 22.0 Å². The molecule has 0 saturated heterocycles. The summed E-state index contributed by atoms with van der Waals surface area (Å²) in [4.78, 5) is 23.0. The van der Waals surface area contributed by atoms with Crippen LogP contribution in [0.3, 0.4) is 0 Å². The molecule has 0 aliphatic rings. The Kier molecular flexibility index (Phi) is 6.06. The fourth-order valence-electron chi connectivity index (χ4n) is 1.51. The van der Waals surface area contributed by atoms with Crippen molar-refractivity contribution in [3.8, 4) is 0 Å². The summed E-state index contributed by atoms with van der Waals surface area (Å²) in [6.07, 6.45) is 1.58. The van der Waals surface area contributed by atoms with Crippen molar-refractivity contribution in [2.45, 2.75) is 12.6 Å². The van der Waals surface area contributed by atoms with E-state index in [0.717, 1.165) is 10.6 Å². The number of nitrogens with zero attached hydrogens (tertiary/aromatic N) is 2. The van der Waals surface area contributed by atoms with Gasteiger partial charge in [-0.1, -0.05) is 6.07 Å². The number of amides is 1. The van der Waals surface area contributed by atoms with Crippen LogP contribution in [0.15, 0.2) is 29.2 Å². The molecule has 1 rings (SSSR count). The fourth-order valence-corrected chi connectivity index (χ4v) is 1.86. The first-order valence-corrected chi connectivity index (χ1v) is 8.06. The van der Waals surface area contributed by atoms with Gasteiger partial charge in [0.15, 0.2) is 0 Å². The molecule has 1 atom stereocenters. The molecule has 2 N–H and O–H groups in total. The number of aliphatic hydroxyl groups excluding tert-OH is 1. The normalized spacial score (nSPS) is 13.1. The Hall–Kier alpha value is -1.71. The maximum absolute atomic E-state index is 11.5. The summed E-state index contributed by atoms with van der Waals surface area (Å²) in [5, 5.41) is 12.2. The molecule has 9 heteroatoms. The lowest BCUT2D eigenvalue weighted by Gasteiger charge is -2.16. The number of aromatic nitrogens is 1. The van der Waals surface area contributed by atoms with Crippen molar-refractivity contribution in [3.63, 3.8) is 0 Å². The van der Waals surface area contributed by atoms with Gasteiger partial charge in [0.05, 0.1) is 25.4 Å². The predicted molar refractivity (Wildman–Crippen MR) is 77.2 cm³/mol. The van der Waals surface area contributed by atoms with Crippen molar-refractivity contribution in [1.82, 2.24) is 14.2 Å². The lowest BCUT2D eigenvalue weighted by molar-refractivity contribution is -0.121. The highest BCUT2D eigenvalue weighted by molar-refractivity contribution is 7.88. The fraction of sp³-hybridized carbons (Fsp3) is 0.500. The Morgan fingerprint density at radius 3 is 2.71 bits per heavy atom. The summed E-state index contributed by atoms with van der Waals surface area (Å²) < 4.78 is 24.5. The monoisotopic (exact) mass is 317 g/mol. The van der Waals surface area contributed by atoms with E-state index in [-0.39, 0.29) is 25.2 Å². The lowest BCUT2D eigenvalue weighted by Crippen LogP contribution is -2.42. The van der Waals surface area contributed by atoms with Gasteiger partial charge < -0.3 is 15.0 Å². The molecule has 0 saturated carbocycles. The van der Waals surface area contributed by atoms with Crippen LogP contribution in [0, 0.1) is 0 Å². The highest BCUT2D eigenvalue weighted by Gasteiger charge is 2.15. The summed E-state index contributed by atoms with van der Waals surface area (Å²) >= 11 is 0. The van der Waals surface area contributed by atoms with Crippen LogP contribution in [-0.4, -0.2) is 60.8 Å². The third kappa shape index (κ3) is 6.06. The maximum atomic E-state index is 11.5. The second kappa shape index (κ2) is 7.34. The topological polar surface area (TPSA) is 109 Å². The first kappa shape index (κ1) is 17.3. The van der Waals surface area contributed by atoms with Crippen molar-refractivity contribution in [1.29, 1.82) is 0 Å². The Morgan fingerprint density at radius 1 is 1.48 bits per heavy atom. The minimum atomic E-state index is -3.43. The highest BCUT2D eigenvalue weighted by Crippen LogP contribution is 1.92. The SMILES string of the molecule is CN(CC(=O)NCC(O)Cn1ccccc1=O)S(C)(=O)=O. The molecule has 0 aromatic carbocycles. The highest BCUT2D eigenvalue weighted by atomic mass is 32.2. The second-order valence-electron chi connectivity index (χ2n) is 4.67. The maximum Gasteiger partial charge on any atom is 0.250 e. The van der Waals surface area contributed by atoms with Gasteiger partial charge >= 0.3 is 0 Å². The van der Waals surface area contributed by atoms with E-state index in [2.05, 4.69) is 5.32 Å². The number of hydrogen-bond donors (Lipinski definition) is 2. The molecule has 0 radical (unpaired) electrons. The van der Waals surface area contributed by atoms with E-state index in [9.17, 15) is 23.1 Å². The van der Waals surface area contributed by atoms with E-state index >= 15 is 0 Å². The van der Waals surface area contributed by atoms with Crippen LogP contribution in [0.1, 0.15) is 0 Å². The van der Waals surface area contributed by atoms with Crippen molar-refractivity contribution in [2.24, 2.45) is 0 Å². The molecule has 1 unspecified atom stereocenters. The molecule has 0 spiro atoms. The second-order valence-corrected chi connectivity index (χ2v) is 6.76. The molecule has 0 aliphatic carbocycles. The quantitative estimate of drug-likeness (QED) is 0.618. The van der Waals surface area contributed by atoms with Gasteiger partial charge in [-0.3, -0.25) is 9.59 Å². The summed E-state index contributed by atoms with van der Waals surface area (Å²) in [7, 11) is -2.14. The van der Waals surface area contributed by atoms with Crippen LogP contribution in [0.25, 0.3) is 0 Å². The molecule has 1 aromatic heterocycles. The Balaban J connectivity index is 2.43. The number of carbonyl (C=O) groups excluding carboxylic acids is 1. The number of hydrogen-bond acceptors (Lipinski definition) is 5. The first-order chi connectivity index (χ1) is 9.70. The molecule has 21 heavy (non-hydrogen) atoms. The number of carbonyl (C=O) groups is 1. The van der Waals surface area contributed by atoms with Gasteiger partial charge in [0.2, 0.25) is 15.9 Å². The molecule has 0 fully saturated rings. The zero-order chi connectivity index (χ0) is 16.0. The standard InChI is InChI=1S/C12H19N3O5S/c1-14(21(2,19)20)9-11(17)13-7-10(16)8-15-6-4-3-5-12(15)18/h3-6,10,16H,7-9H2,1-2H3,(H,13,17). The van der Waals surface area contributed by atoms with Crippen LogP contribution >= 0.6 is 0 Å². The summed E-state index contributed by atoms with van der Waals surface area (Å²) in [5.74, 6) is -0.526. The number of nitrogens with one attached hydrogen (secondary N) is 1. The molecule has 1 aromatic rings. The Bertz CT molecular complexity index is 640. The number of likely N-dealkylation sites (N-methyl/N-ethyl adjacent to an activating group) is 1. The molecule has 1 amide bonds. The lowest BCUT2D eigenvalue weighted by atomic mass is 10.3. The molecular weight excluding hydrogens is 298 g/mol. The van der Waals surface area contributed by atoms with E-state index in [0.29, 0.717) is 0 Å². The van der Waals surface area contributed by atoms with Crippen molar-refractivity contribution >= 4 is 15.9 Å². The van der Waals surface area contributed by atoms with E-state index in [4.69, 9.17) is 0 Å². The van der Waals surface area contributed by atoms with Gasteiger partial charge in [0, 0.05) is 25.9 Å². The van der Waals surface area contributed by atoms with Crippen LogP contribution in [0.4, 0.5) is 0 Å². The van der Waals surface area contributed by atoms with Gasteiger partial charge in [0.25, 0.3) is 5.56 Å². The van der Waals surface area contributed by atoms with E-state index in [1.165, 1.54) is 23.9 Å². The molecule has 0 aliphatic heterocycles. The van der Waals surface area contributed by atoms with Crippen molar-refractivity contribution < 1.29 is 18.3 Å². The van der Waals surface area contributed by atoms with E-state index in [1.807, 2.05) is 0 Å². The van der Waals surface area contributed by atoms with Gasteiger partial charge in [-0.05, 0) is 6.07 Å². The zero-order valence-electron chi connectivity index (χ0n) is 11.9. The Labute approximate surface area is 123 Å². The minimum absolute atomic E-state index is 0.0435. The van der Waals surface area contributed by atoms with E-state index in [1.54, 1.807) is 12.1 Å². The van der Waals surface area contributed by atoms with Gasteiger partial charge in [-0.25, -0.2) is 8.42 Å². The van der Waals surface area contributed by atoms with Gasteiger partial charge in [-0.15, -0.1) is 0 Å². The average molecular weight is 317 g/mol. The molecular formula is C12H19N3O5S. The zero-order valence-corrected chi connectivity index (χ0v) is 12.7. The molecule has 0 bridgehead atoms. The number of pyridine rings is 1. The number of aliphatic hydroxyl groups is 1. The first-order valence-electron chi connectivity index (χ1n) is 6.21. The van der Waals surface area contributed by atoms with Gasteiger partial charge in [0.1, 0.15) is 0 Å². The molecule has 8 nitrogen and oxygen atoms in total. The minimum Gasteiger partial charge on any atom is -0.389 e. The van der Waals surface area contributed by atoms with Crippen molar-refractivity contribution in [3.05, 3.63) is 34.7 Å². The molecule has 1 heterocycles. The van der Waals surface area contributed by atoms with Crippen LogP contribution in [-0.2, 0) is 21.4 Å². The average Bonchev–Trinajstić information content (AvgIpc) is 2.38. The van der Waals surface area contributed by atoms with Gasteiger partial charge in [-0.2, -0.15) is 4.31 Å². The van der Waals surface area contributed by atoms with Crippen molar-refractivity contribution in [2.75, 3.05) is 26.4 Å². The predicted octanol–water partition coefficient (Wildman–Crippen LogP) is -1.78. The smallest absolute Gasteiger partial charge is 0.250 e. The molecule has 118 valence electrons. The van der Waals surface area contributed by atoms with Crippen LogP contribution in [0.2, 0.25) is 0 Å². The third-order valence-electron chi connectivity index (χ3n) is 2.77. The summed E-state index contributed by atoms with van der Waals surface area (Å²) in [6.45, 7) is -0.351. The number of sulfonamides is 1. The van der Waals surface area contributed by atoms with Crippen LogP contribution < -0.4 is 10.9 Å². The summed E-state index contributed by atoms with van der Waals surface area (Å²) in [6, 6.07) is 4.62. The largest absolute Gasteiger partial charge is 0.389 e. The number of rotatable bonds is 7. The third-order valence-corrected chi connectivity index (χ3v) is 4.04.